The highest BCUT2D eigenvalue weighted by Crippen LogP contribution is 2.20. The maximum absolute atomic E-state index is 5.37. The standard InChI is InChI=1S/C7H13NS/c8-4-3-7-2-1-5-9-6-7/h3H,1-2,4-6,8H2/b7-3-. The molecule has 0 aromatic carbocycles. The van der Waals surface area contributed by atoms with Gasteiger partial charge in [-0.05, 0) is 18.6 Å². The van der Waals surface area contributed by atoms with Gasteiger partial charge in [-0.2, -0.15) is 11.8 Å². The summed E-state index contributed by atoms with van der Waals surface area (Å²) in [5.74, 6) is 2.55. The molecule has 0 aromatic heterocycles. The van der Waals surface area contributed by atoms with Gasteiger partial charge in [-0.25, -0.2) is 0 Å². The molecule has 0 aliphatic carbocycles. The van der Waals surface area contributed by atoms with Gasteiger partial charge in [0, 0.05) is 12.3 Å². The highest BCUT2D eigenvalue weighted by atomic mass is 32.2. The number of hydrogen-bond donors (Lipinski definition) is 1. The number of nitrogens with two attached hydrogens (primary N) is 1. The molecule has 1 aliphatic rings. The zero-order valence-electron chi connectivity index (χ0n) is 5.60. The van der Waals surface area contributed by atoms with Crippen LogP contribution in [0.15, 0.2) is 11.6 Å². The monoisotopic (exact) mass is 143 g/mol. The van der Waals surface area contributed by atoms with E-state index >= 15 is 0 Å². The van der Waals surface area contributed by atoms with Crippen LogP contribution in [0.3, 0.4) is 0 Å². The van der Waals surface area contributed by atoms with Gasteiger partial charge in [0.15, 0.2) is 0 Å². The Morgan fingerprint density at radius 3 is 3.11 bits per heavy atom. The molecule has 0 aromatic rings. The average Bonchev–Trinajstić information content (AvgIpc) is 1.91. The predicted molar refractivity (Wildman–Crippen MR) is 43.7 cm³/mol. The summed E-state index contributed by atoms with van der Waals surface area (Å²) in [4.78, 5) is 0. The largest absolute Gasteiger partial charge is 0.327 e. The Labute approximate surface area is 60.7 Å². The molecule has 1 rings (SSSR count). The molecule has 0 spiro atoms. The number of hydrogen-bond acceptors (Lipinski definition) is 2. The third-order valence-electron chi connectivity index (χ3n) is 1.48. The van der Waals surface area contributed by atoms with Crippen molar-refractivity contribution >= 4 is 11.8 Å². The molecule has 0 bridgehead atoms. The van der Waals surface area contributed by atoms with Crippen molar-refractivity contribution in [2.24, 2.45) is 5.73 Å². The van der Waals surface area contributed by atoms with Gasteiger partial charge in [0.2, 0.25) is 0 Å². The molecule has 1 aliphatic heterocycles. The van der Waals surface area contributed by atoms with Crippen LogP contribution in [0.4, 0.5) is 0 Å². The Morgan fingerprint density at radius 1 is 1.67 bits per heavy atom. The normalized spacial score (nSPS) is 24.8. The van der Waals surface area contributed by atoms with Crippen LogP contribution in [0, 0.1) is 0 Å². The Hall–Kier alpha value is 0.0500. The molecular formula is C7H13NS. The minimum absolute atomic E-state index is 0.718. The Morgan fingerprint density at radius 2 is 2.56 bits per heavy atom. The summed E-state index contributed by atoms with van der Waals surface area (Å²) >= 11 is 2.02. The fourth-order valence-corrected chi connectivity index (χ4v) is 2.02. The van der Waals surface area contributed by atoms with E-state index in [0.717, 1.165) is 6.54 Å². The second-order valence-electron chi connectivity index (χ2n) is 2.25. The molecule has 1 saturated heterocycles. The van der Waals surface area contributed by atoms with Crippen LogP contribution in [0.2, 0.25) is 0 Å². The van der Waals surface area contributed by atoms with Gasteiger partial charge in [0.25, 0.3) is 0 Å². The van der Waals surface area contributed by atoms with Crippen molar-refractivity contribution in [3.05, 3.63) is 11.6 Å². The molecule has 0 radical (unpaired) electrons. The Balaban J connectivity index is 2.30. The summed E-state index contributed by atoms with van der Waals surface area (Å²) in [6, 6.07) is 0. The van der Waals surface area contributed by atoms with Crippen LogP contribution in [-0.2, 0) is 0 Å². The van der Waals surface area contributed by atoms with Gasteiger partial charge in [-0.3, -0.25) is 0 Å². The quantitative estimate of drug-likeness (QED) is 0.561. The minimum atomic E-state index is 0.718. The van der Waals surface area contributed by atoms with Crippen molar-refractivity contribution in [3.63, 3.8) is 0 Å². The molecule has 0 unspecified atom stereocenters. The fraction of sp³-hybridized carbons (Fsp3) is 0.714. The van der Waals surface area contributed by atoms with E-state index in [1.807, 2.05) is 11.8 Å². The lowest BCUT2D eigenvalue weighted by Gasteiger charge is -2.12. The van der Waals surface area contributed by atoms with Crippen LogP contribution in [0.25, 0.3) is 0 Å². The molecule has 1 heterocycles. The predicted octanol–water partition coefficient (Wildman–Crippen LogP) is 1.40. The van der Waals surface area contributed by atoms with E-state index in [-0.39, 0.29) is 0 Å². The third kappa shape index (κ3) is 2.41. The Kier molecular flexibility index (Phi) is 3.15. The maximum Gasteiger partial charge on any atom is 0.0143 e. The molecule has 0 atom stereocenters. The SMILES string of the molecule is NC/C=C1/CCCSC1. The number of rotatable bonds is 1. The zero-order chi connectivity index (χ0) is 6.53. The number of thioether (sulfide) groups is 1. The van der Waals surface area contributed by atoms with Gasteiger partial charge in [0.05, 0.1) is 0 Å². The van der Waals surface area contributed by atoms with Crippen molar-refractivity contribution in [3.8, 4) is 0 Å². The van der Waals surface area contributed by atoms with E-state index in [4.69, 9.17) is 5.73 Å². The first-order valence-corrected chi connectivity index (χ1v) is 4.54. The van der Waals surface area contributed by atoms with Gasteiger partial charge >= 0.3 is 0 Å². The topological polar surface area (TPSA) is 26.0 Å². The first-order valence-electron chi connectivity index (χ1n) is 3.39. The maximum atomic E-state index is 5.37. The van der Waals surface area contributed by atoms with Crippen molar-refractivity contribution in [2.45, 2.75) is 12.8 Å². The van der Waals surface area contributed by atoms with Crippen LogP contribution in [0.1, 0.15) is 12.8 Å². The lowest BCUT2D eigenvalue weighted by Crippen LogP contribution is -2.02. The summed E-state index contributed by atoms with van der Waals surface area (Å²) in [7, 11) is 0. The molecule has 52 valence electrons. The molecule has 2 heteroatoms. The van der Waals surface area contributed by atoms with Gasteiger partial charge < -0.3 is 5.73 Å². The average molecular weight is 143 g/mol. The van der Waals surface area contributed by atoms with Gasteiger partial charge in [-0.15, -0.1) is 0 Å². The van der Waals surface area contributed by atoms with Crippen molar-refractivity contribution in [1.29, 1.82) is 0 Å². The van der Waals surface area contributed by atoms with Crippen LogP contribution < -0.4 is 5.73 Å². The summed E-state index contributed by atoms with van der Waals surface area (Å²) in [6.07, 6.45) is 4.78. The van der Waals surface area contributed by atoms with E-state index in [1.54, 1.807) is 5.57 Å². The van der Waals surface area contributed by atoms with E-state index < -0.39 is 0 Å². The summed E-state index contributed by atoms with van der Waals surface area (Å²) in [5, 5.41) is 0. The first-order chi connectivity index (χ1) is 4.43. The zero-order valence-corrected chi connectivity index (χ0v) is 6.41. The molecule has 1 fully saturated rings. The molecule has 0 saturated carbocycles. The summed E-state index contributed by atoms with van der Waals surface area (Å²) < 4.78 is 0. The summed E-state index contributed by atoms with van der Waals surface area (Å²) in [6.45, 7) is 0.718. The first kappa shape index (κ1) is 7.16. The van der Waals surface area contributed by atoms with Crippen LogP contribution in [0.5, 0.6) is 0 Å². The van der Waals surface area contributed by atoms with Gasteiger partial charge in [0.1, 0.15) is 0 Å². The molecule has 9 heavy (non-hydrogen) atoms. The molecule has 2 N–H and O–H groups in total. The third-order valence-corrected chi connectivity index (χ3v) is 2.63. The molecular weight excluding hydrogens is 130 g/mol. The smallest absolute Gasteiger partial charge is 0.0143 e. The molecule has 0 amide bonds. The Bertz CT molecular complexity index is 101. The van der Waals surface area contributed by atoms with E-state index in [2.05, 4.69) is 6.08 Å². The molecule has 1 nitrogen and oxygen atoms in total. The van der Waals surface area contributed by atoms with E-state index in [0.29, 0.717) is 0 Å². The van der Waals surface area contributed by atoms with Crippen LogP contribution >= 0.6 is 11.8 Å². The fourth-order valence-electron chi connectivity index (χ4n) is 1.00. The van der Waals surface area contributed by atoms with E-state index in [1.165, 1.54) is 24.3 Å². The lowest BCUT2D eigenvalue weighted by atomic mass is 10.1. The second kappa shape index (κ2) is 3.96. The highest BCUT2D eigenvalue weighted by Gasteiger charge is 2.03. The van der Waals surface area contributed by atoms with Crippen molar-refractivity contribution < 1.29 is 0 Å². The minimum Gasteiger partial charge on any atom is -0.327 e. The van der Waals surface area contributed by atoms with Crippen molar-refractivity contribution in [1.82, 2.24) is 0 Å². The van der Waals surface area contributed by atoms with Crippen LogP contribution in [-0.4, -0.2) is 18.1 Å². The summed E-state index contributed by atoms with van der Waals surface area (Å²) in [5.41, 5.74) is 6.92. The highest BCUT2D eigenvalue weighted by molar-refractivity contribution is 7.99. The lowest BCUT2D eigenvalue weighted by molar-refractivity contribution is 0.893. The second-order valence-corrected chi connectivity index (χ2v) is 3.36. The van der Waals surface area contributed by atoms with Gasteiger partial charge in [-0.1, -0.05) is 11.6 Å². The van der Waals surface area contributed by atoms with E-state index in [9.17, 15) is 0 Å². The van der Waals surface area contributed by atoms with Crippen molar-refractivity contribution in [2.75, 3.05) is 18.1 Å².